The van der Waals surface area contributed by atoms with E-state index in [1.165, 1.54) is 70.6 Å². The van der Waals surface area contributed by atoms with Crippen LogP contribution >= 0.6 is 0 Å². The summed E-state index contributed by atoms with van der Waals surface area (Å²) < 4.78 is 5.16. The van der Waals surface area contributed by atoms with Gasteiger partial charge in [0.05, 0.1) is 13.3 Å². The molecule has 158 valence electrons. The minimum atomic E-state index is -0.0118. The van der Waals surface area contributed by atoms with Gasteiger partial charge in [-0.25, -0.2) is 5.43 Å². The van der Waals surface area contributed by atoms with Crippen LogP contribution in [0, 0.1) is 0 Å². The maximum Gasteiger partial charge on any atom is 0.240 e. The Bertz CT molecular complexity index is 543. The van der Waals surface area contributed by atoms with Gasteiger partial charge in [0.15, 0.2) is 0 Å². The quantitative estimate of drug-likeness (QED) is 0.185. The fraction of sp³-hybridized carbons (Fsp3) is 0.667. The van der Waals surface area contributed by atoms with E-state index in [9.17, 15) is 4.79 Å². The summed E-state index contributed by atoms with van der Waals surface area (Å²) in [5, 5.41) is 4.02. The van der Waals surface area contributed by atoms with Crippen LogP contribution in [0.1, 0.15) is 102 Å². The number of hydrogen-bond donors (Lipinski definition) is 1. The Morgan fingerprint density at radius 1 is 0.929 bits per heavy atom. The van der Waals surface area contributed by atoms with Crippen molar-refractivity contribution in [1.82, 2.24) is 5.43 Å². The van der Waals surface area contributed by atoms with E-state index >= 15 is 0 Å². The van der Waals surface area contributed by atoms with Crippen molar-refractivity contribution in [2.75, 3.05) is 7.11 Å². The van der Waals surface area contributed by atoms with E-state index in [4.69, 9.17) is 4.74 Å². The molecule has 0 heterocycles. The third kappa shape index (κ3) is 13.3. The molecule has 0 spiro atoms. The van der Waals surface area contributed by atoms with Crippen molar-refractivity contribution in [2.24, 2.45) is 5.10 Å². The topological polar surface area (TPSA) is 50.7 Å². The van der Waals surface area contributed by atoms with Crippen LogP contribution in [-0.4, -0.2) is 19.2 Å². The largest absolute Gasteiger partial charge is 0.497 e. The van der Waals surface area contributed by atoms with E-state index in [2.05, 4.69) is 17.5 Å². The molecular weight excluding hydrogens is 348 g/mol. The van der Waals surface area contributed by atoms with Crippen LogP contribution in [0.3, 0.4) is 0 Å². The summed E-state index contributed by atoms with van der Waals surface area (Å²) in [6, 6.07) is 7.58. The van der Waals surface area contributed by atoms with Crippen LogP contribution in [0.2, 0.25) is 0 Å². The Morgan fingerprint density at radius 3 is 2.07 bits per heavy atom. The molecule has 4 nitrogen and oxygen atoms in total. The molecular formula is C24H40N2O2. The first kappa shape index (κ1) is 24.2. The molecule has 0 fully saturated rings. The molecule has 0 radical (unpaired) electrons. The van der Waals surface area contributed by atoms with Gasteiger partial charge >= 0.3 is 0 Å². The average molecular weight is 389 g/mol. The van der Waals surface area contributed by atoms with E-state index < -0.39 is 0 Å². The molecule has 1 rings (SSSR count). The summed E-state index contributed by atoms with van der Waals surface area (Å²) in [7, 11) is 1.63. The van der Waals surface area contributed by atoms with Crippen molar-refractivity contribution in [1.29, 1.82) is 0 Å². The summed E-state index contributed by atoms with van der Waals surface area (Å²) in [5.41, 5.74) is 3.51. The predicted octanol–water partition coefficient (Wildman–Crippen LogP) is 6.63. The van der Waals surface area contributed by atoms with Gasteiger partial charge in [-0.1, -0.05) is 96.1 Å². The fourth-order valence-corrected chi connectivity index (χ4v) is 3.26. The number of rotatable bonds is 17. The van der Waals surface area contributed by atoms with Gasteiger partial charge in [-0.3, -0.25) is 4.79 Å². The molecule has 0 unspecified atom stereocenters. The lowest BCUT2D eigenvalue weighted by Crippen LogP contribution is -2.16. The second kappa shape index (κ2) is 17.3. The van der Waals surface area contributed by atoms with Crippen molar-refractivity contribution in [3.05, 3.63) is 29.8 Å². The zero-order chi connectivity index (χ0) is 20.3. The molecule has 1 aromatic carbocycles. The summed E-state index contributed by atoms with van der Waals surface area (Å²) in [5.74, 6) is 0.768. The highest BCUT2D eigenvalue weighted by Gasteiger charge is 2.00. The SMILES string of the molecule is CCCCCCCCCCCCCCCC(=O)N/N=C/c1cccc(OC)c1. The number of hydrazone groups is 1. The Morgan fingerprint density at radius 2 is 1.50 bits per heavy atom. The number of carbonyl (C=O) groups excluding carboxylic acids is 1. The summed E-state index contributed by atoms with van der Waals surface area (Å²) in [4.78, 5) is 11.8. The zero-order valence-electron chi connectivity index (χ0n) is 18.0. The van der Waals surface area contributed by atoms with Crippen molar-refractivity contribution >= 4 is 12.1 Å². The first-order chi connectivity index (χ1) is 13.8. The van der Waals surface area contributed by atoms with Crippen LogP contribution in [0.5, 0.6) is 5.75 Å². The standard InChI is InChI=1S/C24H40N2O2/c1-3-4-5-6-7-8-9-10-11-12-13-14-15-19-24(27)26-25-21-22-17-16-18-23(20-22)28-2/h16-18,20-21H,3-15,19H2,1-2H3,(H,26,27)/b25-21+. The molecule has 28 heavy (non-hydrogen) atoms. The molecule has 0 bridgehead atoms. The molecule has 4 heteroatoms. The zero-order valence-corrected chi connectivity index (χ0v) is 18.0. The van der Waals surface area contributed by atoms with E-state index in [1.54, 1.807) is 13.3 Å². The lowest BCUT2D eigenvalue weighted by Gasteiger charge is -2.03. The molecule has 0 aliphatic carbocycles. The molecule has 0 saturated heterocycles. The number of amides is 1. The van der Waals surface area contributed by atoms with E-state index in [-0.39, 0.29) is 5.91 Å². The van der Waals surface area contributed by atoms with Gasteiger partial charge in [-0.05, 0) is 24.1 Å². The van der Waals surface area contributed by atoms with Crippen molar-refractivity contribution < 1.29 is 9.53 Å². The molecule has 1 N–H and O–H groups in total. The number of nitrogens with zero attached hydrogens (tertiary/aromatic N) is 1. The maximum absolute atomic E-state index is 11.8. The minimum absolute atomic E-state index is 0.0118. The van der Waals surface area contributed by atoms with Gasteiger partial charge in [0, 0.05) is 6.42 Å². The Hall–Kier alpha value is -1.84. The summed E-state index contributed by atoms with van der Waals surface area (Å²) in [6.07, 6.45) is 19.3. The van der Waals surface area contributed by atoms with Crippen LogP contribution in [0.15, 0.2) is 29.4 Å². The van der Waals surface area contributed by atoms with Gasteiger partial charge in [0.25, 0.3) is 0 Å². The molecule has 0 atom stereocenters. The molecule has 0 aliphatic rings. The van der Waals surface area contributed by atoms with Crippen LogP contribution in [0.4, 0.5) is 0 Å². The smallest absolute Gasteiger partial charge is 0.240 e. The average Bonchev–Trinajstić information content (AvgIpc) is 2.71. The number of unbranched alkanes of at least 4 members (excludes halogenated alkanes) is 12. The van der Waals surface area contributed by atoms with Crippen molar-refractivity contribution in [3.8, 4) is 5.75 Å². The lowest BCUT2D eigenvalue weighted by molar-refractivity contribution is -0.121. The van der Waals surface area contributed by atoms with E-state index in [1.807, 2.05) is 24.3 Å². The van der Waals surface area contributed by atoms with E-state index in [0.717, 1.165) is 24.2 Å². The number of carbonyl (C=O) groups is 1. The highest BCUT2D eigenvalue weighted by molar-refractivity contribution is 5.82. The molecule has 0 aliphatic heterocycles. The Balaban J connectivity index is 1.92. The minimum Gasteiger partial charge on any atom is -0.497 e. The van der Waals surface area contributed by atoms with Gasteiger partial charge in [-0.15, -0.1) is 0 Å². The third-order valence-electron chi connectivity index (χ3n) is 5.00. The highest BCUT2D eigenvalue weighted by atomic mass is 16.5. The third-order valence-corrected chi connectivity index (χ3v) is 5.00. The van der Waals surface area contributed by atoms with Gasteiger partial charge in [0.1, 0.15) is 5.75 Å². The summed E-state index contributed by atoms with van der Waals surface area (Å²) in [6.45, 7) is 2.27. The molecule has 0 saturated carbocycles. The van der Waals surface area contributed by atoms with E-state index in [0.29, 0.717) is 6.42 Å². The number of methoxy groups -OCH3 is 1. The first-order valence-corrected chi connectivity index (χ1v) is 11.2. The second-order valence-electron chi connectivity index (χ2n) is 7.56. The monoisotopic (exact) mass is 388 g/mol. The second-order valence-corrected chi connectivity index (χ2v) is 7.56. The van der Waals surface area contributed by atoms with Gasteiger partial charge in [0.2, 0.25) is 5.91 Å². The number of benzene rings is 1. The fourth-order valence-electron chi connectivity index (χ4n) is 3.26. The Kier molecular flexibility index (Phi) is 14.9. The molecule has 0 aromatic heterocycles. The summed E-state index contributed by atoms with van der Waals surface area (Å²) >= 11 is 0. The van der Waals surface area contributed by atoms with Crippen LogP contribution in [0.25, 0.3) is 0 Å². The molecule has 1 aromatic rings. The number of nitrogens with one attached hydrogen (secondary N) is 1. The predicted molar refractivity (Wildman–Crippen MR) is 119 cm³/mol. The van der Waals surface area contributed by atoms with Crippen molar-refractivity contribution in [3.63, 3.8) is 0 Å². The Labute approximate surface area is 172 Å². The lowest BCUT2D eigenvalue weighted by atomic mass is 10.0. The highest BCUT2D eigenvalue weighted by Crippen LogP contribution is 2.13. The van der Waals surface area contributed by atoms with Crippen LogP contribution in [-0.2, 0) is 4.79 Å². The first-order valence-electron chi connectivity index (χ1n) is 11.2. The van der Waals surface area contributed by atoms with Crippen LogP contribution < -0.4 is 10.2 Å². The van der Waals surface area contributed by atoms with Gasteiger partial charge < -0.3 is 4.74 Å². The van der Waals surface area contributed by atoms with Gasteiger partial charge in [-0.2, -0.15) is 5.10 Å². The normalized spacial score (nSPS) is 11.1. The maximum atomic E-state index is 11.8. The number of hydrogen-bond acceptors (Lipinski definition) is 3. The number of ether oxygens (including phenoxy) is 1. The molecule has 1 amide bonds. The van der Waals surface area contributed by atoms with Crippen molar-refractivity contribution in [2.45, 2.75) is 96.8 Å².